The van der Waals surface area contributed by atoms with Gasteiger partial charge in [-0.3, -0.25) is 9.78 Å². The second-order valence-corrected chi connectivity index (χ2v) is 10.3. The Hall–Kier alpha value is -2.51. The van der Waals surface area contributed by atoms with E-state index < -0.39 is 5.97 Å². The molecule has 1 saturated heterocycles. The fourth-order valence-electron chi connectivity index (χ4n) is 5.09. The fourth-order valence-corrected chi connectivity index (χ4v) is 5.87. The molecule has 2 aromatic heterocycles. The second kappa shape index (κ2) is 12.3. The largest absolute Gasteiger partial charge is 0.497 e. The predicted octanol–water partition coefficient (Wildman–Crippen LogP) is 5.75. The molecular weight excluding hydrogens is 448 g/mol. The van der Waals surface area contributed by atoms with Crippen molar-refractivity contribution in [3.63, 3.8) is 0 Å². The minimum atomic E-state index is -0.681. The van der Waals surface area contributed by atoms with Gasteiger partial charge in [0, 0.05) is 29.4 Å². The normalized spacial score (nSPS) is 18.9. The monoisotopic (exact) mass is 482 g/mol. The Labute approximate surface area is 205 Å². The number of methoxy groups -OCH3 is 1. The average Bonchev–Trinajstić information content (AvgIpc) is 3.36. The summed E-state index contributed by atoms with van der Waals surface area (Å²) in [4.78, 5) is 19.7. The van der Waals surface area contributed by atoms with Crippen LogP contribution in [0.4, 0.5) is 0 Å². The zero-order valence-electron chi connectivity index (χ0n) is 19.8. The van der Waals surface area contributed by atoms with Gasteiger partial charge in [0.15, 0.2) is 0 Å². The van der Waals surface area contributed by atoms with Crippen LogP contribution in [-0.2, 0) is 11.2 Å². The summed E-state index contributed by atoms with van der Waals surface area (Å²) in [6.07, 6.45) is 10.9. The fraction of sp³-hybridized carbons (Fsp3) is 0.481. The first-order valence-electron chi connectivity index (χ1n) is 12.1. The van der Waals surface area contributed by atoms with Crippen LogP contribution in [-0.4, -0.2) is 53.5 Å². The lowest BCUT2D eigenvalue weighted by molar-refractivity contribution is -0.139. The number of nitrogens with zero attached hydrogens (tertiary/aromatic N) is 2. The van der Waals surface area contributed by atoms with E-state index in [9.17, 15) is 9.90 Å². The van der Waals surface area contributed by atoms with E-state index in [1.54, 1.807) is 19.6 Å². The van der Waals surface area contributed by atoms with Crippen molar-refractivity contribution < 1.29 is 19.1 Å². The van der Waals surface area contributed by atoms with Crippen molar-refractivity contribution in [1.82, 2.24) is 9.88 Å². The number of benzene rings is 1. The second-order valence-electron chi connectivity index (χ2n) is 9.11. The van der Waals surface area contributed by atoms with Gasteiger partial charge in [0.1, 0.15) is 12.0 Å². The van der Waals surface area contributed by atoms with Crippen LogP contribution in [0.2, 0.25) is 0 Å². The van der Waals surface area contributed by atoms with Crippen LogP contribution < -0.4 is 4.74 Å². The third-order valence-electron chi connectivity index (χ3n) is 6.85. The Bertz CT molecular complexity index is 1060. The maximum absolute atomic E-state index is 11.6. The summed E-state index contributed by atoms with van der Waals surface area (Å²) in [5.41, 5.74) is 2.27. The first-order valence-corrected chi connectivity index (χ1v) is 13.1. The van der Waals surface area contributed by atoms with E-state index >= 15 is 0 Å². The molecule has 0 amide bonds. The first kappa shape index (κ1) is 24.6. The molecule has 182 valence electrons. The van der Waals surface area contributed by atoms with E-state index in [0.29, 0.717) is 5.92 Å². The number of furan rings is 1. The number of fused-ring (bicyclic) bond motifs is 1. The third kappa shape index (κ3) is 6.76. The van der Waals surface area contributed by atoms with E-state index in [2.05, 4.69) is 22.0 Å². The molecule has 3 aromatic rings. The quantitative estimate of drug-likeness (QED) is 0.260. The molecule has 2 atom stereocenters. The number of pyridine rings is 1. The lowest BCUT2D eigenvalue weighted by Gasteiger charge is -2.38. The number of carbonyl (C=O) groups is 1. The Morgan fingerprint density at radius 3 is 2.97 bits per heavy atom. The van der Waals surface area contributed by atoms with Gasteiger partial charge in [0.05, 0.1) is 18.9 Å². The highest BCUT2D eigenvalue weighted by Crippen LogP contribution is 2.32. The zero-order chi connectivity index (χ0) is 23.8. The van der Waals surface area contributed by atoms with Crippen LogP contribution in [0.3, 0.4) is 0 Å². The molecule has 0 unspecified atom stereocenters. The molecule has 1 aliphatic heterocycles. The molecular formula is C27H34N2O4S. The number of aliphatic carboxylic acids is 1. The van der Waals surface area contributed by atoms with Crippen molar-refractivity contribution in [3.8, 4) is 5.75 Å². The van der Waals surface area contributed by atoms with Crippen LogP contribution in [0, 0.1) is 11.8 Å². The minimum absolute atomic E-state index is 0.224. The van der Waals surface area contributed by atoms with E-state index in [1.807, 2.05) is 36.2 Å². The van der Waals surface area contributed by atoms with Crippen LogP contribution in [0.25, 0.3) is 10.9 Å². The average molecular weight is 483 g/mol. The van der Waals surface area contributed by atoms with Crippen LogP contribution in [0.1, 0.15) is 37.7 Å². The number of piperidine rings is 1. The molecule has 4 rings (SSSR count). The lowest BCUT2D eigenvalue weighted by atomic mass is 9.80. The van der Waals surface area contributed by atoms with Gasteiger partial charge in [-0.15, -0.1) is 11.8 Å². The number of thioether (sulfide) groups is 1. The smallest absolute Gasteiger partial charge is 0.303 e. The van der Waals surface area contributed by atoms with Crippen LogP contribution >= 0.6 is 11.8 Å². The molecule has 0 bridgehead atoms. The zero-order valence-corrected chi connectivity index (χ0v) is 20.6. The number of likely N-dealkylation sites (tertiary alicyclic amines) is 1. The molecule has 3 heterocycles. The molecule has 1 N–H and O–H groups in total. The SMILES string of the molecule is COc1ccc2nccc(CCC[C@@H]3CCN(CCCSc4ccoc4)C[C@@H]3CC(=O)O)c2c1. The molecule has 1 aromatic carbocycles. The van der Waals surface area contributed by atoms with Crippen molar-refractivity contribution in [1.29, 1.82) is 0 Å². The maximum atomic E-state index is 11.6. The van der Waals surface area contributed by atoms with Gasteiger partial charge < -0.3 is 19.2 Å². The molecule has 34 heavy (non-hydrogen) atoms. The molecule has 7 heteroatoms. The first-order chi connectivity index (χ1) is 16.6. The molecule has 0 spiro atoms. The summed E-state index contributed by atoms with van der Waals surface area (Å²) in [7, 11) is 1.69. The Morgan fingerprint density at radius 2 is 2.18 bits per heavy atom. The minimum Gasteiger partial charge on any atom is -0.497 e. The topological polar surface area (TPSA) is 75.8 Å². The van der Waals surface area contributed by atoms with E-state index in [0.717, 1.165) is 74.1 Å². The number of carboxylic acid groups (broad SMARTS) is 1. The van der Waals surface area contributed by atoms with Crippen molar-refractivity contribution in [2.45, 2.75) is 43.4 Å². The summed E-state index contributed by atoms with van der Waals surface area (Å²) in [5.74, 6) is 1.91. The summed E-state index contributed by atoms with van der Waals surface area (Å²) >= 11 is 1.81. The number of aryl methyl sites for hydroxylation is 1. The molecule has 1 fully saturated rings. The maximum Gasteiger partial charge on any atom is 0.303 e. The highest BCUT2D eigenvalue weighted by molar-refractivity contribution is 7.99. The third-order valence-corrected chi connectivity index (χ3v) is 7.91. The van der Waals surface area contributed by atoms with Gasteiger partial charge in [-0.2, -0.15) is 0 Å². The lowest BCUT2D eigenvalue weighted by Crippen LogP contribution is -2.41. The number of hydrogen-bond acceptors (Lipinski definition) is 6. The van der Waals surface area contributed by atoms with Crippen molar-refractivity contribution >= 4 is 28.6 Å². The number of ether oxygens (including phenoxy) is 1. The number of aromatic nitrogens is 1. The number of hydrogen-bond donors (Lipinski definition) is 1. The van der Waals surface area contributed by atoms with Gasteiger partial charge in [-0.25, -0.2) is 0 Å². The van der Waals surface area contributed by atoms with Crippen molar-refractivity contribution in [2.24, 2.45) is 11.8 Å². The molecule has 0 radical (unpaired) electrons. The van der Waals surface area contributed by atoms with Crippen molar-refractivity contribution in [3.05, 3.63) is 54.6 Å². The Morgan fingerprint density at radius 1 is 1.26 bits per heavy atom. The van der Waals surface area contributed by atoms with Crippen LogP contribution in [0.5, 0.6) is 5.75 Å². The summed E-state index contributed by atoms with van der Waals surface area (Å²) in [6, 6.07) is 10.1. The van der Waals surface area contributed by atoms with Crippen LogP contribution in [0.15, 0.2) is 58.4 Å². The number of carboxylic acids is 1. The molecule has 0 saturated carbocycles. The highest BCUT2D eigenvalue weighted by Gasteiger charge is 2.30. The van der Waals surface area contributed by atoms with Gasteiger partial charge >= 0.3 is 5.97 Å². The van der Waals surface area contributed by atoms with Crippen molar-refractivity contribution in [2.75, 3.05) is 32.5 Å². The van der Waals surface area contributed by atoms with Gasteiger partial charge in [-0.1, -0.05) is 0 Å². The van der Waals surface area contributed by atoms with Gasteiger partial charge in [0.2, 0.25) is 0 Å². The number of rotatable bonds is 12. The molecule has 1 aliphatic rings. The van der Waals surface area contributed by atoms with E-state index in [4.69, 9.17) is 9.15 Å². The predicted molar refractivity (Wildman–Crippen MR) is 136 cm³/mol. The Kier molecular flexibility index (Phi) is 8.88. The Balaban J connectivity index is 1.28. The standard InChI is InChI=1S/C27H34N2O4S/c1-32-23-6-7-26-25(17-23)21(8-11-28-26)5-2-4-20-9-13-29(18-22(20)16-27(30)31)12-3-15-34-24-10-14-33-19-24/h6-8,10-11,14,17,19-20,22H,2-5,9,12-13,15-16,18H2,1H3,(H,30,31)/t20-,22+/m1/s1. The highest BCUT2D eigenvalue weighted by atomic mass is 32.2. The summed E-state index contributed by atoms with van der Waals surface area (Å²) in [5, 5.41) is 10.7. The van der Waals surface area contributed by atoms with Gasteiger partial charge in [0.25, 0.3) is 0 Å². The summed E-state index contributed by atoms with van der Waals surface area (Å²) < 4.78 is 10.5. The van der Waals surface area contributed by atoms with E-state index in [-0.39, 0.29) is 12.3 Å². The van der Waals surface area contributed by atoms with E-state index in [1.165, 1.54) is 10.5 Å². The van der Waals surface area contributed by atoms with Gasteiger partial charge in [-0.05, 0) is 98.7 Å². The molecule has 0 aliphatic carbocycles. The summed E-state index contributed by atoms with van der Waals surface area (Å²) in [6.45, 7) is 2.98. The molecule has 6 nitrogen and oxygen atoms in total.